The van der Waals surface area contributed by atoms with Crippen molar-refractivity contribution in [3.8, 4) is 28.7 Å². The van der Waals surface area contributed by atoms with Gasteiger partial charge in [0, 0.05) is 24.0 Å². The van der Waals surface area contributed by atoms with Gasteiger partial charge >= 0.3 is 0 Å². The van der Waals surface area contributed by atoms with Crippen LogP contribution in [0, 0.1) is 17.1 Å². The van der Waals surface area contributed by atoms with Crippen molar-refractivity contribution < 1.29 is 13.9 Å². The summed E-state index contributed by atoms with van der Waals surface area (Å²) < 4.78 is 27.8. The lowest BCUT2D eigenvalue weighted by Crippen LogP contribution is -2.27. The number of nitrogens with zero attached hydrogens (tertiary/aromatic N) is 7. The fraction of sp³-hybridized carbons (Fsp3) is 0.333. The summed E-state index contributed by atoms with van der Waals surface area (Å²) in [4.78, 5) is 8.92. The lowest BCUT2D eigenvalue weighted by atomic mass is 9.89. The Bertz CT molecular complexity index is 1460. The van der Waals surface area contributed by atoms with Crippen molar-refractivity contribution in [3.05, 3.63) is 66.0 Å². The van der Waals surface area contributed by atoms with E-state index < -0.39 is 0 Å². The molecule has 0 saturated carbocycles. The summed E-state index contributed by atoms with van der Waals surface area (Å²) in [5, 5.41) is 27.1. The maximum absolute atomic E-state index is 14.8. The van der Waals surface area contributed by atoms with Gasteiger partial charge in [-0.05, 0) is 78.5 Å². The molecule has 0 radical (unpaired) electrons. The molecular weight excluding hydrogens is 537 g/mol. The fourth-order valence-electron chi connectivity index (χ4n) is 4.62. The number of rotatable bonds is 9. The third-order valence-corrected chi connectivity index (χ3v) is 6.60. The SMILES string of the molecule is COc1cc(F)c(C2CCNCC2)cc1Nc1ncc(-c2ccc(C#N)c(O[C@@H](C)Cn3cnnn3)c2)cn1.Cl. The smallest absolute Gasteiger partial charge is 0.227 e. The Balaban J connectivity index is 0.00000370. The van der Waals surface area contributed by atoms with Crippen molar-refractivity contribution in [2.24, 2.45) is 0 Å². The number of ether oxygens (including phenoxy) is 2. The Morgan fingerprint density at radius 3 is 2.60 bits per heavy atom. The average Bonchev–Trinajstić information content (AvgIpc) is 3.47. The first-order chi connectivity index (χ1) is 19.0. The molecule has 208 valence electrons. The van der Waals surface area contributed by atoms with Gasteiger partial charge in [-0.25, -0.2) is 19.0 Å². The van der Waals surface area contributed by atoms with E-state index in [1.807, 2.05) is 13.0 Å². The number of nitrogens with one attached hydrogen (secondary N) is 2. The number of halogens is 2. The second kappa shape index (κ2) is 13.1. The monoisotopic (exact) mass is 565 g/mol. The van der Waals surface area contributed by atoms with Crippen LogP contribution in [0.25, 0.3) is 11.1 Å². The molecule has 0 unspecified atom stereocenters. The van der Waals surface area contributed by atoms with E-state index in [0.29, 0.717) is 40.8 Å². The number of piperidine rings is 1. The molecule has 1 aliphatic rings. The number of tetrazole rings is 1. The highest BCUT2D eigenvalue weighted by Gasteiger charge is 2.21. The zero-order valence-corrected chi connectivity index (χ0v) is 22.9. The van der Waals surface area contributed by atoms with E-state index in [-0.39, 0.29) is 30.2 Å². The number of benzene rings is 2. The van der Waals surface area contributed by atoms with Crippen LogP contribution in [0.3, 0.4) is 0 Å². The molecule has 4 aromatic rings. The van der Waals surface area contributed by atoms with Crippen LogP contribution in [-0.4, -0.2) is 56.5 Å². The summed E-state index contributed by atoms with van der Waals surface area (Å²) in [5.74, 6) is 1.04. The maximum atomic E-state index is 14.8. The van der Waals surface area contributed by atoms with Gasteiger partial charge < -0.3 is 20.1 Å². The van der Waals surface area contributed by atoms with Crippen LogP contribution in [-0.2, 0) is 6.54 Å². The maximum Gasteiger partial charge on any atom is 0.227 e. The van der Waals surface area contributed by atoms with Crippen LogP contribution in [0.2, 0.25) is 0 Å². The average molecular weight is 566 g/mol. The number of hydrogen-bond donors (Lipinski definition) is 2. The van der Waals surface area contributed by atoms with E-state index >= 15 is 0 Å². The molecule has 0 bridgehead atoms. The van der Waals surface area contributed by atoms with E-state index in [9.17, 15) is 9.65 Å². The van der Waals surface area contributed by atoms with Gasteiger partial charge in [0.05, 0.1) is 24.9 Å². The molecule has 3 heterocycles. The molecule has 11 nitrogen and oxygen atoms in total. The molecule has 13 heteroatoms. The van der Waals surface area contributed by atoms with Crippen molar-refractivity contribution in [3.63, 3.8) is 0 Å². The predicted molar refractivity (Wildman–Crippen MR) is 148 cm³/mol. The molecule has 1 atom stereocenters. The highest BCUT2D eigenvalue weighted by atomic mass is 35.5. The molecule has 1 fully saturated rings. The zero-order chi connectivity index (χ0) is 27.2. The molecule has 0 spiro atoms. The first-order valence-corrected chi connectivity index (χ1v) is 12.6. The van der Waals surface area contributed by atoms with Crippen molar-refractivity contribution in [2.75, 3.05) is 25.5 Å². The molecule has 1 saturated heterocycles. The Hall–Kier alpha value is -4.34. The summed E-state index contributed by atoms with van der Waals surface area (Å²) in [6.07, 6.45) is 6.33. The van der Waals surface area contributed by atoms with Gasteiger partial charge in [-0.15, -0.1) is 17.5 Å². The third kappa shape index (κ3) is 6.62. The summed E-state index contributed by atoms with van der Waals surface area (Å²) in [7, 11) is 1.50. The van der Waals surface area contributed by atoms with E-state index in [1.54, 1.807) is 35.3 Å². The predicted octanol–water partition coefficient (Wildman–Crippen LogP) is 4.25. The minimum absolute atomic E-state index is 0. The minimum Gasteiger partial charge on any atom is -0.494 e. The van der Waals surface area contributed by atoms with Crippen molar-refractivity contribution in [1.29, 1.82) is 5.26 Å². The minimum atomic E-state index is -0.279. The third-order valence-electron chi connectivity index (χ3n) is 6.60. The number of methoxy groups -OCH3 is 1. The highest BCUT2D eigenvalue weighted by molar-refractivity contribution is 5.85. The van der Waals surface area contributed by atoms with Gasteiger partial charge in [-0.2, -0.15) is 5.26 Å². The van der Waals surface area contributed by atoms with Gasteiger partial charge in [0.2, 0.25) is 5.95 Å². The van der Waals surface area contributed by atoms with Crippen molar-refractivity contribution in [2.45, 2.75) is 38.3 Å². The zero-order valence-electron chi connectivity index (χ0n) is 22.0. The van der Waals surface area contributed by atoms with Gasteiger partial charge in [0.15, 0.2) is 0 Å². The standard InChI is InChI=1S/C27H28FN9O2.ClH/c1-17(15-37-16-33-35-36-37)39-25-9-19(3-4-20(25)12-29)21-13-31-27(32-14-21)34-24-10-22(18-5-7-30-8-6-18)23(28)11-26(24)38-2;/h3-4,9-11,13-14,16-18,30H,5-8,15H2,1-2H3,(H,31,32,34);1H/t17-;/m0./s1. The van der Waals surface area contributed by atoms with Crippen LogP contribution in [0.1, 0.15) is 36.8 Å². The fourth-order valence-corrected chi connectivity index (χ4v) is 4.62. The summed E-state index contributed by atoms with van der Waals surface area (Å²) in [6.45, 7) is 4.03. The van der Waals surface area contributed by atoms with Gasteiger partial charge in [-0.3, -0.25) is 0 Å². The van der Waals surface area contributed by atoms with Gasteiger partial charge in [-0.1, -0.05) is 6.07 Å². The van der Waals surface area contributed by atoms with Crippen LogP contribution >= 0.6 is 12.4 Å². The number of hydrogen-bond acceptors (Lipinski definition) is 10. The Labute approximate surface area is 237 Å². The first-order valence-electron chi connectivity index (χ1n) is 12.6. The summed E-state index contributed by atoms with van der Waals surface area (Å²) in [5.41, 5.74) is 3.21. The first kappa shape index (κ1) is 28.7. The summed E-state index contributed by atoms with van der Waals surface area (Å²) >= 11 is 0. The van der Waals surface area contributed by atoms with Crippen molar-refractivity contribution >= 4 is 24.0 Å². The Kier molecular flexibility index (Phi) is 9.42. The molecule has 2 aromatic heterocycles. The number of nitriles is 1. The van der Waals surface area contributed by atoms with E-state index in [1.165, 1.54) is 19.5 Å². The van der Waals surface area contributed by atoms with Crippen LogP contribution in [0.15, 0.2) is 49.1 Å². The lowest BCUT2D eigenvalue weighted by molar-refractivity contribution is 0.192. The Morgan fingerprint density at radius 2 is 1.93 bits per heavy atom. The van der Waals surface area contributed by atoms with E-state index in [0.717, 1.165) is 37.1 Å². The second-order valence-electron chi connectivity index (χ2n) is 9.30. The molecule has 1 aliphatic heterocycles. The molecule has 5 rings (SSSR count). The van der Waals surface area contributed by atoms with Crippen molar-refractivity contribution in [1.82, 2.24) is 35.5 Å². The molecular formula is C27H29ClFN9O2. The Morgan fingerprint density at radius 1 is 1.15 bits per heavy atom. The molecule has 2 N–H and O–H groups in total. The normalized spacial score (nSPS) is 14.1. The molecule has 0 amide bonds. The number of anilines is 2. The largest absolute Gasteiger partial charge is 0.494 e. The van der Waals surface area contributed by atoms with Crippen LogP contribution in [0.5, 0.6) is 11.5 Å². The van der Waals surface area contributed by atoms with E-state index in [2.05, 4.69) is 42.2 Å². The molecule has 40 heavy (non-hydrogen) atoms. The van der Waals surface area contributed by atoms with E-state index in [4.69, 9.17) is 9.47 Å². The quantitative estimate of drug-likeness (QED) is 0.303. The lowest BCUT2D eigenvalue weighted by Gasteiger charge is -2.24. The molecule has 2 aromatic carbocycles. The molecule has 0 aliphatic carbocycles. The number of aromatic nitrogens is 6. The summed E-state index contributed by atoms with van der Waals surface area (Å²) in [6, 6.07) is 10.7. The van der Waals surface area contributed by atoms with Crippen LogP contribution in [0.4, 0.5) is 16.0 Å². The topological polar surface area (TPSA) is 136 Å². The highest BCUT2D eigenvalue weighted by Crippen LogP contribution is 2.36. The van der Waals surface area contributed by atoms with Gasteiger partial charge in [0.25, 0.3) is 0 Å². The second-order valence-corrected chi connectivity index (χ2v) is 9.30. The van der Waals surface area contributed by atoms with Gasteiger partial charge in [0.1, 0.15) is 35.8 Å². The van der Waals surface area contributed by atoms with Crippen LogP contribution < -0.4 is 20.1 Å².